The molecule has 0 saturated heterocycles. The van der Waals surface area contributed by atoms with E-state index in [1.165, 1.54) is 10.0 Å². The van der Waals surface area contributed by atoms with Gasteiger partial charge in [-0.25, -0.2) is 0 Å². The Morgan fingerprint density at radius 2 is 1.41 bits per heavy atom. The van der Waals surface area contributed by atoms with Crippen molar-refractivity contribution >= 4 is 32.4 Å². The predicted octanol–water partition coefficient (Wildman–Crippen LogP) is 4.92. The molecule has 0 aliphatic heterocycles. The van der Waals surface area contributed by atoms with E-state index in [-0.39, 0.29) is 0 Å². The monoisotopic (exact) mass is 329 g/mol. The van der Waals surface area contributed by atoms with Gasteiger partial charge in [0.05, 0.1) is 0 Å². The molecule has 0 aromatic heterocycles. The van der Waals surface area contributed by atoms with E-state index >= 15 is 0 Å². The van der Waals surface area contributed by atoms with Gasteiger partial charge in [0.1, 0.15) is 16.5 Å². The van der Waals surface area contributed by atoms with Crippen molar-refractivity contribution in [1.82, 2.24) is 4.23 Å². The zero-order chi connectivity index (χ0) is 13.3. The SMILES string of the molecule is C[Si](C)(C)N(Cc1ccccc1Br)[Si](C)(C)C. The Kier molecular flexibility index (Phi) is 4.80. The van der Waals surface area contributed by atoms with Crippen LogP contribution in [0.5, 0.6) is 0 Å². The predicted molar refractivity (Wildman–Crippen MR) is 86.4 cm³/mol. The van der Waals surface area contributed by atoms with Crippen molar-refractivity contribution in [2.24, 2.45) is 0 Å². The molecule has 0 N–H and O–H groups in total. The summed E-state index contributed by atoms with van der Waals surface area (Å²) in [6.45, 7) is 15.8. The minimum Gasteiger partial charge on any atom is -0.342 e. The fraction of sp³-hybridized carbons (Fsp3) is 0.538. The van der Waals surface area contributed by atoms with Gasteiger partial charge in [-0.05, 0) is 11.6 Å². The molecule has 0 amide bonds. The van der Waals surface area contributed by atoms with Crippen molar-refractivity contribution in [2.75, 3.05) is 0 Å². The summed E-state index contributed by atoms with van der Waals surface area (Å²) in [5, 5.41) is 0. The lowest BCUT2D eigenvalue weighted by Gasteiger charge is -2.43. The third-order valence-corrected chi connectivity index (χ3v) is 11.3. The van der Waals surface area contributed by atoms with Crippen LogP contribution >= 0.6 is 15.9 Å². The molecular formula is C13H24BrNSi2. The first-order chi connectivity index (χ1) is 7.62. The molecule has 0 bridgehead atoms. The molecule has 17 heavy (non-hydrogen) atoms. The summed E-state index contributed by atoms with van der Waals surface area (Å²) in [5.74, 6) is 0. The molecule has 1 aromatic carbocycles. The van der Waals surface area contributed by atoms with Crippen molar-refractivity contribution in [3.05, 3.63) is 34.3 Å². The topological polar surface area (TPSA) is 3.24 Å². The van der Waals surface area contributed by atoms with Crippen LogP contribution in [-0.2, 0) is 6.54 Å². The number of hydrogen-bond acceptors (Lipinski definition) is 1. The summed E-state index contributed by atoms with van der Waals surface area (Å²) in [5.41, 5.74) is 1.41. The quantitative estimate of drug-likeness (QED) is 0.708. The van der Waals surface area contributed by atoms with Gasteiger partial charge in [0.2, 0.25) is 0 Å². The van der Waals surface area contributed by atoms with E-state index in [0.717, 1.165) is 6.54 Å². The van der Waals surface area contributed by atoms with Crippen molar-refractivity contribution < 1.29 is 0 Å². The normalized spacial score (nSPS) is 13.2. The fourth-order valence-electron chi connectivity index (χ4n) is 2.28. The highest BCUT2D eigenvalue weighted by Gasteiger charge is 2.34. The van der Waals surface area contributed by atoms with E-state index in [2.05, 4.69) is 83.7 Å². The molecule has 0 atom stereocenters. The van der Waals surface area contributed by atoms with Gasteiger partial charge in [-0.2, -0.15) is 0 Å². The fourth-order valence-corrected chi connectivity index (χ4v) is 12.0. The number of benzene rings is 1. The van der Waals surface area contributed by atoms with Crippen LogP contribution in [0.3, 0.4) is 0 Å². The first kappa shape index (κ1) is 15.2. The Labute approximate surface area is 117 Å². The number of nitrogens with zero attached hydrogens (tertiary/aromatic N) is 1. The van der Waals surface area contributed by atoms with E-state index in [9.17, 15) is 0 Å². The van der Waals surface area contributed by atoms with Crippen molar-refractivity contribution in [1.29, 1.82) is 0 Å². The Morgan fingerprint density at radius 1 is 0.941 bits per heavy atom. The molecule has 4 heteroatoms. The van der Waals surface area contributed by atoms with Gasteiger partial charge in [0.15, 0.2) is 0 Å². The maximum Gasteiger partial charge on any atom is 0.112 e. The maximum atomic E-state index is 3.66. The molecule has 1 aromatic rings. The van der Waals surface area contributed by atoms with Gasteiger partial charge in [0, 0.05) is 11.0 Å². The number of hydrogen-bond donors (Lipinski definition) is 0. The van der Waals surface area contributed by atoms with Gasteiger partial charge in [-0.15, -0.1) is 0 Å². The average molecular weight is 330 g/mol. The van der Waals surface area contributed by atoms with Gasteiger partial charge in [-0.3, -0.25) is 0 Å². The van der Waals surface area contributed by atoms with Gasteiger partial charge >= 0.3 is 0 Å². The largest absolute Gasteiger partial charge is 0.342 e. The Hall–Kier alpha value is 0.0938. The lowest BCUT2D eigenvalue weighted by atomic mass is 10.2. The highest BCUT2D eigenvalue weighted by atomic mass is 79.9. The van der Waals surface area contributed by atoms with E-state index in [1.807, 2.05) is 0 Å². The standard InChI is InChI=1S/C13H24BrNSi2/c1-16(2,3)15(17(4,5)6)11-12-9-7-8-10-13(12)14/h7-10H,11H2,1-6H3. The summed E-state index contributed by atoms with van der Waals surface area (Å²) in [6, 6.07) is 8.59. The molecule has 0 fully saturated rings. The van der Waals surface area contributed by atoms with Crippen molar-refractivity contribution in [3.63, 3.8) is 0 Å². The van der Waals surface area contributed by atoms with Crippen LogP contribution in [0.4, 0.5) is 0 Å². The number of rotatable bonds is 4. The lowest BCUT2D eigenvalue weighted by Crippen LogP contribution is -2.58. The molecule has 0 radical (unpaired) electrons. The second-order valence-electron chi connectivity index (χ2n) is 6.52. The Balaban J connectivity index is 3.00. The van der Waals surface area contributed by atoms with E-state index in [0.29, 0.717) is 0 Å². The Bertz CT molecular complexity index is 366. The van der Waals surface area contributed by atoms with Crippen LogP contribution in [-0.4, -0.2) is 20.7 Å². The zero-order valence-electron chi connectivity index (χ0n) is 11.8. The first-order valence-electron chi connectivity index (χ1n) is 6.13. The Morgan fingerprint density at radius 3 is 1.82 bits per heavy atom. The summed E-state index contributed by atoms with van der Waals surface area (Å²) in [7, 11) is -2.51. The summed E-state index contributed by atoms with van der Waals surface area (Å²) in [4.78, 5) is 0. The van der Waals surface area contributed by atoms with Crippen LogP contribution in [0.15, 0.2) is 28.7 Å². The molecule has 96 valence electrons. The van der Waals surface area contributed by atoms with Crippen LogP contribution in [0.25, 0.3) is 0 Å². The van der Waals surface area contributed by atoms with E-state index in [1.54, 1.807) is 0 Å². The second kappa shape index (κ2) is 5.38. The summed E-state index contributed by atoms with van der Waals surface area (Å²) in [6.07, 6.45) is 0. The molecule has 0 aliphatic rings. The van der Waals surface area contributed by atoms with E-state index in [4.69, 9.17) is 0 Å². The molecule has 0 unspecified atom stereocenters. The molecule has 0 aliphatic carbocycles. The first-order valence-corrected chi connectivity index (χ1v) is 13.8. The van der Waals surface area contributed by atoms with Gasteiger partial charge < -0.3 is 4.23 Å². The molecule has 0 spiro atoms. The highest BCUT2D eigenvalue weighted by molar-refractivity contribution is 9.10. The highest BCUT2D eigenvalue weighted by Crippen LogP contribution is 2.25. The van der Waals surface area contributed by atoms with Crippen LogP contribution < -0.4 is 0 Å². The molecule has 1 nitrogen and oxygen atoms in total. The van der Waals surface area contributed by atoms with Crippen molar-refractivity contribution in [3.8, 4) is 0 Å². The van der Waals surface area contributed by atoms with Crippen molar-refractivity contribution in [2.45, 2.75) is 45.8 Å². The maximum absolute atomic E-state index is 3.66. The average Bonchev–Trinajstić information content (AvgIpc) is 2.12. The minimum absolute atomic E-state index is 1.09. The second-order valence-corrected chi connectivity index (χ2v) is 17.6. The third-order valence-electron chi connectivity index (χ3n) is 2.91. The molecule has 0 heterocycles. The van der Waals surface area contributed by atoms with Crippen LogP contribution in [0.2, 0.25) is 39.3 Å². The molecule has 0 saturated carbocycles. The molecular weight excluding hydrogens is 306 g/mol. The summed E-state index contributed by atoms with van der Waals surface area (Å²) < 4.78 is 4.04. The molecule has 1 rings (SSSR count). The number of halogens is 1. The van der Waals surface area contributed by atoms with Crippen LogP contribution in [0.1, 0.15) is 5.56 Å². The van der Waals surface area contributed by atoms with Crippen LogP contribution in [0, 0.1) is 0 Å². The van der Waals surface area contributed by atoms with Gasteiger partial charge in [0.25, 0.3) is 0 Å². The third kappa shape index (κ3) is 4.35. The van der Waals surface area contributed by atoms with E-state index < -0.39 is 16.5 Å². The summed E-state index contributed by atoms with van der Waals surface area (Å²) >= 11 is 3.66. The lowest BCUT2D eigenvalue weighted by molar-refractivity contribution is 0.610. The minimum atomic E-state index is -1.25. The zero-order valence-corrected chi connectivity index (χ0v) is 15.4. The van der Waals surface area contributed by atoms with Gasteiger partial charge in [-0.1, -0.05) is 73.4 Å². The smallest absolute Gasteiger partial charge is 0.112 e.